The van der Waals surface area contributed by atoms with Gasteiger partial charge < -0.3 is 9.47 Å². The number of halogens is 2. The molecule has 0 saturated heterocycles. The molecule has 4 heteroatoms. The highest BCUT2D eigenvalue weighted by atomic mass is 19.3. The molecule has 28 heavy (non-hydrogen) atoms. The van der Waals surface area contributed by atoms with E-state index in [-0.39, 0.29) is 5.75 Å². The molecule has 0 spiro atoms. The van der Waals surface area contributed by atoms with E-state index in [1.807, 2.05) is 12.1 Å². The number of rotatable bonds is 9. The van der Waals surface area contributed by atoms with Crippen LogP contribution in [0.2, 0.25) is 0 Å². The van der Waals surface area contributed by atoms with Gasteiger partial charge in [0, 0.05) is 0 Å². The maximum atomic E-state index is 12.2. The first-order valence-corrected chi connectivity index (χ1v) is 9.50. The van der Waals surface area contributed by atoms with Crippen molar-refractivity contribution in [1.29, 1.82) is 0 Å². The molecule has 0 aliphatic heterocycles. The van der Waals surface area contributed by atoms with Crippen molar-refractivity contribution in [2.45, 2.75) is 32.8 Å². The summed E-state index contributed by atoms with van der Waals surface area (Å²) < 4.78 is 34.4. The normalized spacial score (nSPS) is 10.9. The van der Waals surface area contributed by atoms with Crippen LogP contribution in [0, 0.1) is 0 Å². The fourth-order valence-electron chi connectivity index (χ4n) is 2.95. The van der Waals surface area contributed by atoms with E-state index in [9.17, 15) is 8.78 Å². The van der Waals surface area contributed by atoms with Crippen molar-refractivity contribution in [2.75, 3.05) is 6.61 Å². The van der Waals surface area contributed by atoms with E-state index >= 15 is 0 Å². The van der Waals surface area contributed by atoms with E-state index in [0.717, 1.165) is 42.7 Å². The third-order valence-corrected chi connectivity index (χ3v) is 4.47. The lowest BCUT2D eigenvalue weighted by Crippen LogP contribution is -2.01. The molecular formula is C24H24F2O2. The van der Waals surface area contributed by atoms with Crippen LogP contribution in [0.3, 0.4) is 0 Å². The highest BCUT2D eigenvalue weighted by Crippen LogP contribution is 2.24. The summed E-state index contributed by atoms with van der Waals surface area (Å²) in [6, 6.07) is 23.3. The average Bonchev–Trinajstić information content (AvgIpc) is 2.72. The molecule has 146 valence electrons. The number of hydrogen-bond acceptors (Lipinski definition) is 2. The summed E-state index contributed by atoms with van der Waals surface area (Å²) in [5, 5.41) is 0. The highest BCUT2D eigenvalue weighted by Gasteiger charge is 2.05. The zero-order valence-corrected chi connectivity index (χ0v) is 15.9. The second kappa shape index (κ2) is 9.88. The largest absolute Gasteiger partial charge is 0.494 e. The minimum Gasteiger partial charge on any atom is -0.494 e. The number of ether oxygens (including phenoxy) is 2. The number of aryl methyl sites for hydroxylation is 2. The summed E-state index contributed by atoms with van der Waals surface area (Å²) in [5.74, 6) is 1.08. The summed E-state index contributed by atoms with van der Waals surface area (Å²) in [4.78, 5) is 0. The molecule has 0 aromatic heterocycles. The van der Waals surface area contributed by atoms with Gasteiger partial charge >= 0.3 is 6.61 Å². The fraction of sp³-hybridized carbons (Fsp3) is 0.250. The number of hydrogen-bond donors (Lipinski definition) is 0. The second-order valence-electron chi connectivity index (χ2n) is 6.59. The maximum absolute atomic E-state index is 12.2. The maximum Gasteiger partial charge on any atom is 0.387 e. The van der Waals surface area contributed by atoms with E-state index in [1.54, 1.807) is 24.3 Å². The Labute approximate surface area is 164 Å². The van der Waals surface area contributed by atoms with Gasteiger partial charge in [-0.05, 0) is 65.8 Å². The fourth-order valence-corrected chi connectivity index (χ4v) is 2.95. The van der Waals surface area contributed by atoms with Gasteiger partial charge in [0.2, 0.25) is 0 Å². The molecule has 0 unspecified atom stereocenters. The lowest BCUT2D eigenvalue weighted by Gasteiger charge is -2.08. The first-order chi connectivity index (χ1) is 13.6. The first-order valence-electron chi connectivity index (χ1n) is 9.50. The van der Waals surface area contributed by atoms with Crippen LogP contribution >= 0.6 is 0 Å². The minimum atomic E-state index is -2.80. The van der Waals surface area contributed by atoms with Crippen molar-refractivity contribution < 1.29 is 18.3 Å². The molecule has 0 aliphatic rings. The Bertz CT molecular complexity index is 841. The Morgan fingerprint density at radius 3 is 1.64 bits per heavy atom. The van der Waals surface area contributed by atoms with Crippen LogP contribution in [0.25, 0.3) is 11.1 Å². The van der Waals surface area contributed by atoms with Crippen LogP contribution in [0.5, 0.6) is 11.5 Å². The van der Waals surface area contributed by atoms with Crippen molar-refractivity contribution in [3.63, 3.8) is 0 Å². The van der Waals surface area contributed by atoms with E-state index in [0.29, 0.717) is 0 Å². The van der Waals surface area contributed by atoms with Crippen molar-refractivity contribution in [3.05, 3.63) is 83.9 Å². The first kappa shape index (κ1) is 19.9. The predicted octanol–water partition coefficient (Wildman–Crippen LogP) is 6.53. The molecule has 3 rings (SSSR count). The molecule has 0 N–H and O–H groups in total. The van der Waals surface area contributed by atoms with Gasteiger partial charge in [-0.15, -0.1) is 0 Å². The van der Waals surface area contributed by atoms with Gasteiger partial charge in [-0.3, -0.25) is 0 Å². The van der Waals surface area contributed by atoms with Gasteiger partial charge in [0.25, 0.3) is 0 Å². The van der Waals surface area contributed by atoms with Gasteiger partial charge in [0.15, 0.2) is 0 Å². The molecule has 3 aromatic carbocycles. The van der Waals surface area contributed by atoms with E-state index in [1.165, 1.54) is 11.1 Å². The summed E-state index contributed by atoms with van der Waals surface area (Å²) in [6.45, 7) is 0.0368. The van der Waals surface area contributed by atoms with Crippen LogP contribution < -0.4 is 9.47 Å². The molecule has 0 saturated carbocycles. The molecule has 0 heterocycles. The molecule has 2 nitrogen and oxygen atoms in total. The van der Waals surface area contributed by atoms with E-state index in [2.05, 4.69) is 48.1 Å². The Hall–Kier alpha value is -2.88. The van der Waals surface area contributed by atoms with Gasteiger partial charge in [-0.1, -0.05) is 55.5 Å². The Morgan fingerprint density at radius 2 is 1.14 bits per heavy atom. The molecule has 3 aromatic rings. The molecule has 0 aliphatic carbocycles. The monoisotopic (exact) mass is 382 g/mol. The zero-order chi connectivity index (χ0) is 19.8. The zero-order valence-electron chi connectivity index (χ0n) is 15.9. The lowest BCUT2D eigenvalue weighted by atomic mass is 10.0. The van der Waals surface area contributed by atoms with Crippen LogP contribution in [0.15, 0.2) is 72.8 Å². The standard InChI is InChI=1S/C24H24F2O2/c1-2-17-27-22-13-7-19(8-14-22)4-3-18-5-9-20(10-6-18)21-11-15-23(16-12-21)28-24(25)26/h5-16,24H,2-4,17H2,1H3. The summed E-state index contributed by atoms with van der Waals surface area (Å²) in [6.07, 6.45) is 2.93. The molecule has 0 radical (unpaired) electrons. The summed E-state index contributed by atoms with van der Waals surface area (Å²) in [5.41, 5.74) is 4.55. The predicted molar refractivity (Wildman–Crippen MR) is 108 cm³/mol. The summed E-state index contributed by atoms with van der Waals surface area (Å²) in [7, 11) is 0. The molecular weight excluding hydrogens is 358 g/mol. The van der Waals surface area contributed by atoms with Gasteiger partial charge in [0.05, 0.1) is 6.61 Å². The van der Waals surface area contributed by atoms with Crippen LogP contribution in [-0.4, -0.2) is 13.2 Å². The van der Waals surface area contributed by atoms with E-state index < -0.39 is 6.61 Å². The Morgan fingerprint density at radius 1 is 0.679 bits per heavy atom. The molecule has 0 atom stereocenters. The van der Waals surface area contributed by atoms with Crippen LogP contribution in [0.4, 0.5) is 8.78 Å². The van der Waals surface area contributed by atoms with Crippen molar-refractivity contribution in [2.24, 2.45) is 0 Å². The minimum absolute atomic E-state index is 0.168. The van der Waals surface area contributed by atoms with Crippen molar-refractivity contribution >= 4 is 0 Å². The number of alkyl halides is 2. The Balaban J connectivity index is 1.55. The van der Waals surface area contributed by atoms with Crippen LogP contribution in [0.1, 0.15) is 24.5 Å². The van der Waals surface area contributed by atoms with Gasteiger partial charge in [0.1, 0.15) is 11.5 Å². The summed E-state index contributed by atoms with van der Waals surface area (Å²) >= 11 is 0. The second-order valence-corrected chi connectivity index (χ2v) is 6.59. The molecule has 0 bridgehead atoms. The third kappa shape index (κ3) is 5.81. The lowest BCUT2D eigenvalue weighted by molar-refractivity contribution is -0.0498. The average molecular weight is 382 g/mol. The SMILES string of the molecule is CCCOc1ccc(CCc2ccc(-c3ccc(OC(F)F)cc3)cc2)cc1. The van der Waals surface area contributed by atoms with Gasteiger partial charge in [-0.25, -0.2) is 0 Å². The smallest absolute Gasteiger partial charge is 0.387 e. The van der Waals surface area contributed by atoms with E-state index in [4.69, 9.17) is 4.74 Å². The van der Waals surface area contributed by atoms with Crippen molar-refractivity contribution in [3.8, 4) is 22.6 Å². The quantitative estimate of drug-likeness (QED) is 0.419. The molecule has 0 amide bonds. The third-order valence-electron chi connectivity index (χ3n) is 4.47. The Kier molecular flexibility index (Phi) is 7.01. The van der Waals surface area contributed by atoms with Crippen LogP contribution in [-0.2, 0) is 12.8 Å². The van der Waals surface area contributed by atoms with Crippen molar-refractivity contribution in [1.82, 2.24) is 0 Å². The highest BCUT2D eigenvalue weighted by molar-refractivity contribution is 5.64. The topological polar surface area (TPSA) is 18.5 Å². The van der Waals surface area contributed by atoms with Gasteiger partial charge in [-0.2, -0.15) is 8.78 Å². The molecule has 0 fully saturated rings. The number of benzene rings is 3.